The molecule has 0 saturated carbocycles. The lowest BCUT2D eigenvalue weighted by Gasteiger charge is -2.14. The fraction of sp³-hybridized carbons (Fsp3) is 0.188. The van der Waals surface area contributed by atoms with Crippen LogP contribution in [0, 0.1) is 0 Å². The summed E-state index contributed by atoms with van der Waals surface area (Å²) in [5, 5.41) is 0. The molecule has 0 unspecified atom stereocenters. The fourth-order valence-corrected chi connectivity index (χ4v) is 4.07. The van der Waals surface area contributed by atoms with Crippen molar-refractivity contribution in [2.45, 2.75) is 11.3 Å². The van der Waals surface area contributed by atoms with Crippen LogP contribution in [0.5, 0.6) is 0 Å². The predicted octanol–water partition coefficient (Wildman–Crippen LogP) is 1.65. The maximum absolute atomic E-state index is 12.6. The van der Waals surface area contributed by atoms with Gasteiger partial charge in [-0.25, -0.2) is 13.2 Å². The van der Waals surface area contributed by atoms with Crippen LogP contribution < -0.4 is 15.3 Å². The number of hydrogen-bond acceptors (Lipinski definition) is 4. The van der Waals surface area contributed by atoms with E-state index in [0.717, 1.165) is 18.7 Å². The molecule has 1 aromatic heterocycles. The van der Waals surface area contributed by atoms with Gasteiger partial charge in [0, 0.05) is 19.3 Å². The van der Waals surface area contributed by atoms with Crippen LogP contribution in [0.3, 0.4) is 0 Å². The molecule has 8 heteroatoms. The van der Waals surface area contributed by atoms with E-state index in [9.17, 15) is 13.2 Å². The maximum Gasteiger partial charge on any atom is 0.323 e. The van der Waals surface area contributed by atoms with Crippen molar-refractivity contribution in [1.29, 1.82) is 0 Å². The molecule has 4 rings (SSSR count). The van der Waals surface area contributed by atoms with Crippen molar-refractivity contribution >= 4 is 32.4 Å². The van der Waals surface area contributed by atoms with Gasteiger partial charge in [0.15, 0.2) is 0 Å². The maximum atomic E-state index is 12.6. The molecule has 1 aliphatic heterocycles. The second-order valence-electron chi connectivity index (χ2n) is 5.91. The number of nitrogens with one attached hydrogen (secondary N) is 3. The molecule has 0 amide bonds. The zero-order valence-corrected chi connectivity index (χ0v) is 13.8. The average molecular weight is 344 g/mol. The molecule has 24 heavy (non-hydrogen) atoms. The van der Waals surface area contributed by atoms with Crippen molar-refractivity contribution in [1.82, 2.24) is 9.97 Å². The topological polar surface area (TPSA) is 98.1 Å². The molecule has 0 fully saturated rings. The largest absolute Gasteiger partial charge is 0.374 e. The zero-order chi connectivity index (χ0) is 16.9. The molecule has 0 spiro atoms. The second-order valence-corrected chi connectivity index (χ2v) is 7.59. The Hall–Kier alpha value is -2.74. The highest BCUT2D eigenvalue weighted by Gasteiger charge is 2.19. The summed E-state index contributed by atoms with van der Waals surface area (Å²) in [5.74, 6) is 0. The minimum absolute atomic E-state index is 0.0964. The molecule has 3 N–H and O–H groups in total. The molecule has 124 valence electrons. The van der Waals surface area contributed by atoms with E-state index in [1.807, 2.05) is 19.2 Å². The summed E-state index contributed by atoms with van der Waals surface area (Å²) in [5.41, 5.74) is 3.43. The predicted molar refractivity (Wildman–Crippen MR) is 93.1 cm³/mol. The summed E-state index contributed by atoms with van der Waals surface area (Å²) in [6, 6.07) is 10.0. The smallest absolute Gasteiger partial charge is 0.323 e. The molecule has 2 heterocycles. The van der Waals surface area contributed by atoms with E-state index >= 15 is 0 Å². The van der Waals surface area contributed by atoms with Crippen LogP contribution in [0.25, 0.3) is 11.0 Å². The normalized spacial score (nSPS) is 14.1. The third-order valence-corrected chi connectivity index (χ3v) is 5.64. The molecule has 1 aliphatic rings. The summed E-state index contributed by atoms with van der Waals surface area (Å²) in [6.45, 7) is 0.934. The fourth-order valence-electron chi connectivity index (χ4n) is 3.00. The first kappa shape index (κ1) is 14.8. The lowest BCUT2D eigenvalue weighted by Crippen LogP contribution is -2.14. The van der Waals surface area contributed by atoms with Gasteiger partial charge in [-0.3, -0.25) is 4.72 Å². The summed E-state index contributed by atoms with van der Waals surface area (Å²) >= 11 is 0. The first-order valence-corrected chi connectivity index (χ1v) is 9.00. The zero-order valence-electron chi connectivity index (χ0n) is 13.0. The van der Waals surface area contributed by atoms with E-state index in [1.54, 1.807) is 12.1 Å². The molecular weight excluding hydrogens is 328 g/mol. The van der Waals surface area contributed by atoms with E-state index in [0.29, 0.717) is 16.7 Å². The van der Waals surface area contributed by atoms with Gasteiger partial charge in [-0.1, -0.05) is 6.07 Å². The highest BCUT2D eigenvalue weighted by molar-refractivity contribution is 7.92. The molecule has 0 aliphatic carbocycles. The summed E-state index contributed by atoms with van der Waals surface area (Å²) in [7, 11) is -1.75. The summed E-state index contributed by atoms with van der Waals surface area (Å²) < 4.78 is 27.8. The second kappa shape index (κ2) is 5.13. The van der Waals surface area contributed by atoms with E-state index in [-0.39, 0.29) is 10.6 Å². The number of anilines is 2. The molecular formula is C16H16N4O3S. The number of fused-ring (bicyclic) bond motifs is 2. The number of imidazole rings is 1. The van der Waals surface area contributed by atoms with Crippen molar-refractivity contribution in [2.75, 3.05) is 23.2 Å². The van der Waals surface area contributed by atoms with Gasteiger partial charge < -0.3 is 14.9 Å². The number of sulfonamides is 1. The van der Waals surface area contributed by atoms with Gasteiger partial charge in [-0.15, -0.1) is 0 Å². The van der Waals surface area contributed by atoms with Gasteiger partial charge in [0.25, 0.3) is 10.0 Å². The Bertz CT molecular complexity index is 1100. The van der Waals surface area contributed by atoms with E-state index in [4.69, 9.17) is 0 Å². The number of rotatable bonds is 3. The van der Waals surface area contributed by atoms with Gasteiger partial charge in [-0.05, 0) is 42.3 Å². The van der Waals surface area contributed by atoms with E-state index in [2.05, 4.69) is 19.6 Å². The number of hydrogen-bond donors (Lipinski definition) is 3. The first-order chi connectivity index (χ1) is 11.4. The van der Waals surface area contributed by atoms with Gasteiger partial charge in [-0.2, -0.15) is 0 Å². The molecule has 3 aromatic rings. The third kappa shape index (κ3) is 2.44. The van der Waals surface area contributed by atoms with Crippen LogP contribution in [0.4, 0.5) is 11.4 Å². The Morgan fingerprint density at radius 1 is 1.08 bits per heavy atom. The molecule has 2 aromatic carbocycles. The van der Waals surface area contributed by atoms with Crippen LogP contribution in [-0.4, -0.2) is 32.0 Å². The van der Waals surface area contributed by atoms with Crippen molar-refractivity contribution < 1.29 is 8.42 Å². The van der Waals surface area contributed by atoms with E-state index < -0.39 is 10.0 Å². The van der Waals surface area contributed by atoms with Gasteiger partial charge in [0.05, 0.1) is 21.6 Å². The molecule has 0 bridgehead atoms. The number of nitrogens with zero attached hydrogens (tertiary/aromatic N) is 1. The number of aromatic amines is 2. The summed E-state index contributed by atoms with van der Waals surface area (Å²) in [4.78, 5) is 18.6. The van der Waals surface area contributed by atoms with Crippen molar-refractivity contribution in [3.8, 4) is 0 Å². The van der Waals surface area contributed by atoms with Crippen LogP contribution in [0.1, 0.15) is 5.56 Å². The standard InChI is InChI=1S/C16H16N4O3S/c1-20-7-6-10-2-3-11(8-15(10)20)19-24(22,23)12-4-5-13-14(9-12)18-16(21)17-13/h2-5,8-9,19H,6-7H2,1H3,(H2,17,18,21). The molecule has 0 saturated heterocycles. The van der Waals surface area contributed by atoms with Gasteiger partial charge >= 0.3 is 5.69 Å². The van der Waals surface area contributed by atoms with Gasteiger partial charge in [0.2, 0.25) is 0 Å². The number of benzene rings is 2. The Kier molecular flexibility index (Phi) is 3.17. The summed E-state index contributed by atoms with van der Waals surface area (Å²) in [6.07, 6.45) is 0.969. The quantitative estimate of drug-likeness (QED) is 0.673. The number of aromatic nitrogens is 2. The molecule has 0 atom stereocenters. The third-order valence-electron chi connectivity index (χ3n) is 4.26. The Morgan fingerprint density at radius 2 is 1.88 bits per heavy atom. The monoisotopic (exact) mass is 344 g/mol. The lowest BCUT2D eigenvalue weighted by atomic mass is 10.1. The Balaban J connectivity index is 1.69. The highest BCUT2D eigenvalue weighted by Crippen LogP contribution is 2.30. The van der Waals surface area contributed by atoms with E-state index in [1.165, 1.54) is 17.7 Å². The Labute approximate surface area is 138 Å². The van der Waals surface area contributed by atoms with Crippen LogP contribution in [-0.2, 0) is 16.4 Å². The van der Waals surface area contributed by atoms with Crippen molar-refractivity contribution in [3.05, 3.63) is 52.4 Å². The Morgan fingerprint density at radius 3 is 2.71 bits per heavy atom. The average Bonchev–Trinajstić information content (AvgIpc) is 3.08. The SMILES string of the molecule is CN1CCc2ccc(NS(=O)(=O)c3ccc4[nH]c(=O)[nH]c4c3)cc21. The van der Waals surface area contributed by atoms with Crippen molar-refractivity contribution in [2.24, 2.45) is 0 Å². The van der Waals surface area contributed by atoms with Crippen LogP contribution in [0.2, 0.25) is 0 Å². The molecule has 0 radical (unpaired) electrons. The lowest BCUT2D eigenvalue weighted by molar-refractivity contribution is 0.601. The van der Waals surface area contributed by atoms with Gasteiger partial charge in [0.1, 0.15) is 0 Å². The molecule has 7 nitrogen and oxygen atoms in total. The minimum Gasteiger partial charge on any atom is -0.374 e. The first-order valence-electron chi connectivity index (χ1n) is 7.51. The van der Waals surface area contributed by atoms with Crippen LogP contribution in [0.15, 0.2) is 46.1 Å². The number of H-pyrrole nitrogens is 2. The number of likely N-dealkylation sites (N-methyl/N-ethyl adjacent to an activating group) is 1. The highest BCUT2D eigenvalue weighted by atomic mass is 32.2. The van der Waals surface area contributed by atoms with Crippen LogP contribution >= 0.6 is 0 Å². The minimum atomic E-state index is -3.73. The van der Waals surface area contributed by atoms with Crippen molar-refractivity contribution in [3.63, 3.8) is 0 Å².